The Morgan fingerprint density at radius 3 is 2.12 bits per heavy atom. The van der Waals surface area contributed by atoms with Crippen LogP contribution < -0.4 is 5.32 Å². The molecule has 0 atom stereocenters. The van der Waals surface area contributed by atoms with Crippen LogP contribution in [0.15, 0.2) is 48.5 Å². The summed E-state index contributed by atoms with van der Waals surface area (Å²) in [4.78, 5) is 37.5. The highest BCUT2D eigenvalue weighted by atomic mass is 16.5. The second kappa shape index (κ2) is 8.89. The number of carboxylic acids is 1. The Hall–Kier alpha value is -3.35. The van der Waals surface area contributed by atoms with Gasteiger partial charge < -0.3 is 20.1 Å². The Morgan fingerprint density at radius 1 is 1.03 bits per heavy atom. The van der Waals surface area contributed by atoms with Gasteiger partial charge in [0.1, 0.15) is 12.1 Å². The van der Waals surface area contributed by atoms with Crippen LogP contribution in [0.2, 0.25) is 0 Å². The third kappa shape index (κ3) is 4.45. The van der Waals surface area contributed by atoms with Gasteiger partial charge in [-0.2, -0.15) is 0 Å². The molecule has 2 aromatic rings. The van der Waals surface area contributed by atoms with Crippen LogP contribution in [0, 0.1) is 5.92 Å². The van der Waals surface area contributed by atoms with E-state index in [-0.39, 0.29) is 36.8 Å². The number of aliphatic carboxylic acids is 1. The molecule has 0 aliphatic heterocycles. The molecule has 2 aliphatic carbocycles. The second-order valence-electron chi connectivity index (χ2n) is 9.53. The number of carbonyl (C=O) groups is 3. The molecule has 4 rings (SSSR count). The molecular weight excluding hydrogens is 420 g/mol. The van der Waals surface area contributed by atoms with E-state index in [1.165, 1.54) is 48.0 Å². The van der Waals surface area contributed by atoms with Gasteiger partial charge in [0.05, 0.1) is 0 Å². The molecule has 0 radical (unpaired) electrons. The van der Waals surface area contributed by atoms with Gasteiger partial charge in [0.15, 0.2) is 0 Å². The Balaban J connectivity index is 1.25. The highest BCUT2D eigenvalue weighted by molar-refractivity contribution is 5.86. The number of rotatable bonds is 7. The maximum atomic E-state index is 12.4. The van der Waals surface area contributed by atoms with Gasteiger partial charge in [0.25, 0.3) is 0 Å². The van der Waals surface area contributed by atoms with E-state index in [0.29, 0.717) is 12.8 Å². The number of hydrogen-bond acceptors (Lipinski definition) is 4. The predicted molar refractivity (Wildman–Crippen MR) is 124 cm³/mol. The third-order valence-corrected chi connectivity index (χ3v) is 7.10. The summed E-state index contributed by atoms with van der Waals surface area (Å²) in [5, 5.41) is 12.2. The molecule has 0 spiro atoms. The fourth-order valence-corrected chi connectivity index (χ4v) is 4.67. The molecular formula is C26H30N2O5. The maximum Gasteiger partial charge on any atom is 0.407 e. The molecule has 2 N–H and O–H groups in total. The lowest BCUT2D eigenvalue weighted by Crippen LogP contribution is -2.52. The summed E-state index contributed by atoms with van der Waals surface area (Å²) >= 11 is 0. The average molecular weight is 451 g/mol. The average Bonchev–Trinajstić information content (AvgIpc) is 3.09. The zero-order valence-electron chi connectivity index (χ0n) is 19.2. The number of hydrogen-bond donors (Lipinski definition) is 2. The van der Waals surface area contributed by atoms with Crippen LogP contribution in [0.1, 0.15) is 50.2 Å². The first kappa shape index (κ1) is 22.8. The topological polar surface area (TPSA) is 95.9 Å². The number of carbonyl (C=O) groups excluding carboxylic acids is 2. The minimum absolute atomic E-state index is 0.0167. The molecule has 2 amide bonds. The van der Waals surface area contributed by atoms with Crippen LogP contribution in [0.25, 0.3) is 11.1 Å². The van der Waals surface area contributed by atoms with Gasteiger partial charge in [0.2, 0.25) is 5.91 Å². The summed E-state index contributed by atoms with van der Waals surface area (Å²) in [5.74, 6) is -1.10. The number of carboxylic acid groups (broad SMARTS) is 1. The second-order valence-corrected chi connectivity index (χ2v) is 9.53. The summed E-state index contributed by atoms with van der Waals surface area (Å²) in [7, 11) is 1.52. The molecule has 7 nitrogen and oxygen atoms in total. The van der Waals surface area contributed by atoms with E-state index in [9.17, 15) is 19.5 Å². The monoisotopic (exact) mass is 450 g/mol. The maximum absolute atomic E-state index is 12.4. The molecule has 0 saturated heterocycles. The fraction of sp³-hybridized carbons (Fsp3) is 0.423. The number of likely N-dealkylation sites (N-methyl/N-ethyl adjacent to an activating group) is 1. The number of fused-ring (bicyclic) bond motifs is 3. The van der Waals surface area contributed by atoms with Crippen LogP contribution in [0.4, 0.5) is 4.79 Å². The number of nitrogens with one attached hydrogen (secondary N) is 1. The zero-order valence-corrected chi connectivity index (χ0v) is 19.2. The third-order valence-electron chi connectivity index (χ3n) is 7.10. The van der Waals surface area contributed by atoms with E-state index in [1.807, 2.05) is 24.3 Å². The molecule has 33 heavy (non-hydrogen) atoms. The lowest BCUT2D eigenvalue weighted by atomic mass is 9.78. The molecule has 2 aromatic carbocycles. The van der Waals surface area contributed by atoms with Crippen molar-refractivity contribution in [3.8, 4) is 11.1 Å². The van der Waals surface area contributed by atoms with E-state index >= 15 is 0 Å². The van der Waals surface area contributed by atoms with E-state index < -0.39 is 17.6 Å². The van der Waals surface area contributed by atoms with Crippen molar-refractivity contribution in [2.45, 2.75) is 50.6 Å². The number of nitrogens with zero attached hydrogens (tertiary/aromatic N) is 1. The van der Waals surface area contributed by atoms with Gasteiger partial charge in [-0.15, -0.1) is 0 Å². The Labute approximate surface area is 193 Å². The Morgan fingerprint density at radius 2 is 1.58 bits per heavy atom. The van der Waals surface area contributed by atoms with Gasteiger partial charge in [-0.3, -0.25) is 4.79 Å². The molecule has 0 aromatic heterocycles. The summed E-state index contributed by atoms with van der Waals surface area (Å²) < 4.78 is 5.58. The lowest BCUT2D eigenvalue weighted by Gasteiger charge is -2.38. The van der Waals surface area contributed by atoms with Crippen LogP contribution in [0.3, 0.4) is 0 Å². The summed E-state index contributed by atoms with van der Waals surface area (Å²) in [6.07, 6.45) is 1.18. The molecule has 7 heteroatoms. The number of amides is 2. The molecule has 2 aliphatic rings. The van der Waals surface area contributed by atoms with Gasteiger partial charge >= 0.3 is 12.1 Å². The predicted octanol–water partition coefficient (Wildman–Crippen LogP) is 4.02. The number of benzene rings is 2. The first-order valence-electron chi connectivity index (χ1n) is 11.3. The number of ether oxygens (including phenoxy) is 1. The Kier molecular flexibility index (Phi) is 6.15. The largest absolute Gasteiger partial charge is 0.480 e. The SMILES string of the molecule is CN(C(=O)CC1CC(NC(=O)OCC2c3ccccc3-c3ccccc32)C1)C(C)(C)C(=O)O. The van der Waals surface area contributed by atoms with Gasteiger partial charge in [-0.05, 0) is 54.9 Å². The highest BCUT2D eigenvalue weighted by Gasteiger charge is 2.38. The van der Waals surface area contributed by atoms with Crippen LogP contribution in [-0.2, 0) is 14.3 Å². The highest BCUT2D eigenvalue weighted by Crippen LogP contribution is 2.44. The van der Waals surface area contributed by atoms with Crippen LogP contribution in [0.5, 0.6) is 0 Å². The van der Waals surface area contributed by atoms with Crippen molar-refractivity contribution in [1.82, 2.24) is 10.2 Å². The van der Waals surface area contributed by atoms with Crippen molar-refractivity contribution in [2.24, 2.45) is 5.92 Å². The fourth-order valence-electron chi connectivity index (χ4n) is 4.67. The molecule has 1 saturated carbocycles. The van der Waals surface area contributed by atoms with E-state index in [2.05, 4.69) is 29.6 Å². The van der Waals surface area contributed by atoms with Crippen molar-refractivity contribution in [3.05, 3.63) is 59.7 Å². The smallest absolute Gasteiger partial charge is 0.407 e. The van der Waals surface area contributed by atoms with Crippen molar-refractivity contribution < 1.29 is 24.2 Å². The minimum atomic E-state index is -1.25. The van der Waals surface area contributed by atoms with E-state index in [4.69, 9.17) is 4.74 Å². The lowest BCUT2D eigenvalue weighted by molar-refractivity contribution is -0.156. The molecule has 0 bridgehead atoms. The van der Waals surface area contributed by atoms with Crippen molar-refractivity contribution in [1.29, 1.82) is 0 Å². The van der Waals surface area contributed by atoms with Crippen LogP contribution in [-0.4, -0.2) is 53.2 Å². The van der Waals surface area contributed by atoms with E-state index in [0.717, 1.165) is 0 Å². The number of alkyl carbamates (subject to hydrolysis) is 1. The van der Waals surface area contributed by atoms with E-state index in [1.54, 1.807) is 0 Å². The van der Waals surface area contributed by atoms with Crippen LogP contribution >= 0.6 is 0 Å². The first-order valence-corrected chi connectivity index (χ1v) is 11.3. The molecule has 0 unspecified atom stereocenters. The molecule has 174 valence electrons. The van der Waals surface area contributed by atoms with Crippen molar-refractivity contribution >= 4 is 18.0 Å². The Bertz CT molecular complexity index is 1030. The molecule has 1 fully saturated rings. The van der Waals surface area contributed by atoms with Gasteiger partial charge in [-0.25, -0.2) is 9.59 Å². The normalized spacial score (nSPS) is 19.1. The summed E-state index contributed by atoms with van der Waals surface area (Å²) in [5.41, 5.74) is 3.46. The zero-order chi connectivity index (χ0) is 23.8. The van der Waals surface area contributed by atoms with Crippen molar-refractivity contribution in [3.63, 3.8) is 0 Å². The molecule has 0 heterocycles. The van der Waals surface area contributed by atoms with Crippen molar-refractivity contribution in [2.75, 3.05) is 13.7 Å². The summed E-state index contributed by atoms with van der Waals surface area (Å²) in [6, 6.07) is 16.4. The quantitative estimate of drug-likeness (QED) is 0.664. The first-order chi connectivity index (χ1) is 15.7. The minimum Gasteiger partial charge on any atom is -0.480 e. The van der Waals surface area contributed by atoms with Gasteiger partial charge in [-0.1, -0.05) is 48.5 Å². The van der Waals surface area contributed by atoms with Gasteiger partial charge in [0, 0.05) is 25.4 Å². The standard InChI is InChI=1S/C26H30N2O5/c1-26(2,24(30)31)28(3)23(29)14-16-12-17(13-16)27-25(32)33-15-22-20-10-6-4-8-18(20)19-9-5-7-11-21(19)22/h4-11,16-17,22H,12-15H2,1-3H3,(H,27,32)(H,30,31). The summed E-state index contributed by atoms with van der Waals surface area (Å²) in [6.45, 7) is 3.29.